The van der Waals surface area contributed by atoms with E-state index in [1.165, 1.54) is 32.4 Å². The van der Waals surface area contributed by atoms with E-state index in [2.05, 4.69) is 32.6 Å². The van der Waals surface area contributed by atoms with E-state index in [0.717, 1.165) is 12.0 Å². The second kappa shape index (κ2) is 4.30. The molecule has 2 N–H and O–H groups in total. The zero-order valence-corrected chi connectivity index (χ0v) is 11.4. The van der Waals surface area contributed by atoms with Crippen LogP contribution < -0.4 is 5.73 Å². The van der Waals surface area contributed by atoms with Gasteiger partial charge >= 0.3 is 0 Å². The van der Waals surface area contributed by atoms with Crippen LogP contribution in [0.1, 0.15) is 47.0 Å². The van der Waals surface area contributed by atoms with Gasteiger partial charge in [0.2, 0.25) is 0 Å². The van der Waals surface area contributed by atoms with Crippen molar-refractivity contribution in [3.63, 3.8) is 0 Å². The summed E-state index contributed by atoms with van der Waals surface area (Å²) in [5, 5.41) is 0. The predicted octanol–water partition coefficient (Wildman–Crippen LogP) is 2.48. The fourth-order valence-corrected chi connectivity index (χ4v) is 3.84. The van der Waals surface area contributed by atoms with E-state index in [1.54, 1.807) is 0 Å². The molecule has 0 amide bonds. The molecule has 2 aliphatic rings. The highest BCUT2D eigenvalue weighted by molar-refractivity contribution is 4.95. The fraction of sp³-hybridized carbons (Fsp3) is 1.00. The Morgan fingerprint density at radius 1 is 1.12 bits per heavy atom. The second-order valence-corrected chi connectivity index (χ2v) is 7.04. The molecule has 0 aromatic carbocycles. The Bertz CT molecular complexity index is 249. The number of hydrogen-bond donors (Lipinski definition) is 1. The molecule has 2 rings (SSSR count). The van der Waals surface area contributed by atoms with Crippen LogP contribution in [-0.2, 0) is 0 Å². The monoisotopic (exact) mass is 224 g/mol. The average molecular weight is 224 g/mol. The van der Waals surface area contributed by atoms with Gasteiger partial charge in [0.05, 0.1) is 0 Å². The minimum atomic E-state index is 0.431. The number of hydrogen-bond acceptors (Lipinski definition) is 2. The number of nitrogens with zero attached hydrogens (tertiary/aromatic N) is 1. The smallest absolute Gasteiger partial charge is 0.0126 e. The summed E-state index contributed by atoms with van der Waals surface area (Å²) in [6.45, 7) is 12.0. The summed E-state index contributed by atoms with van der Waals surface area (Å²) in [4.78, 5) is 2.72. The molecule has 94 valence electrons. The molecule has 0 radical (unpaired) electrons. The Morgan fingerprint density at radius 3 is 2.31 bits per heavy atom. The first-order valence-electron chi connectivity index (χ1n) is 6.89. The van der Waals surface area contributed by atoms with Gasteiger partial charge in [0.15, 0.2) is 0 Å². The molecule has 1 aliphatic heterocycles. The molecular weight excluding hydrogens is 196 g/mol. The number of piperidine rings is 1. The summed E-state index contributed by atoms with van der Waals surface area (Å²) in [7, 11) is 0. The van der Waals surface area contributed by atoms with Gasteiger partial charge in [-0.2, -0.15) is 0 Å². The van der Waals surface area contributed by atoms with E-state index in [-0.39, 0.29) is 0 Å². The molecular formula is C14H28N2. The van der Waals surface area contributed by atoms with Crippen LogP contribution in [0.3, 0.4) is 0 Å². The van der Waals surface area contributed by atoms with Crippen molar-refractivity contribution < 1.29 is 0 Å². The van der Waals surface area contributed by atoms with Crippen molar-refractivity contribution in [2.45, 2.75) is 59.0 Å². The molecule has 4 unspecified atom stereocenters. The number of likely N-dealkylation sites (tertiary alicyclic amines) is 1. The molecule has 0 aromatic rings. The zero-order valence-electron chi connectivity index (χ0n) is 11.4. The lowest BCUT2D eigenvalue weighted by molar-refractivity contribution is 0.0951. The number of nitrogens with two attached hydrogens (primary N) is 1. The topological polar surface area (TPSA) is 29.3 Å². The van der Waals surface area contributed by atoms with Gasteiger partial charge in [-0.1, -0.05) is 27.7 Å². The lowest BCUT2D eigenvalue weighted by Crippen LogP contribution is -2.50. The van der Waals surface area contributed by atoms with Gasteiger partial charge in [-0.25, -0.2) is 0 Å². The summed E-state index contributed by atoms with van der Waals surface area (Å²) in [5.41, 5.74) is 6.65. The Kier molecular flexibility index (Phi) is 3.33. The van der Waals surface area contributed by atoms with Gasteiger partial charge in [0, 0.05) is 18.6 Å². The van der Waals surface area contributed by atoms with E-state index >= 15 is 0 Å². The van der Waals surface area contributed by atoms with Gasteiger partial charge in [-0.05, 0) is 43.1 Å². The van der Waals surface area contributed by atoms with Crippen LogP contribution in [0.2, 0.25) is 0 Å². The first kappa shape index (κ1) is 12.4. The lowest BCUT2D eigenvalue weighted by atomic mass is 9.90. The molecule has 2 fully saturated rings. The van der Waals surface area contributed by atoms with Crippen LogP contribution in [-0.4, -0.2) is 30.1 Å². The van der Waals surface area contributed by atoms with Crippen LogP contribution >= 0.6 is 0 Å². The molecule has 1 aliphatic carbocycles. The van der Waals surface area contributed by atoms with Crippen LogP contribution in [0.15, 0.2) is 0 Å². The molecule has 0 aromatic heterocycles. The highest BCUT2D eigenvalue weighted by atomic mass is 15.2. The van der Waals surface area contributed by atoms with Crippen molar-refractivity contribution in [2.24, 2.45) is 23.0 Å². The van der Waals surface area contributed by atoms with E-state index in [1.807, 2.05) is 0 Å². The van der Waals surface area contributed by atoms with E-state index in [9.17, 15) is 0 Å². The quantitative estimate of drug-likeness (QED) is 0.741. The molecule has 2 heteroatoms. The molecule has 2 nitrogen and oxygen atoms in total. The van der Waals surface area contributed by atoms with Crippen molar-refractivity contribution in [3.05, 3.63) is 0 Å². The van der Waals surface area contributed by atoms with Crippen LogP contribution in [0.5, 0.6) is 0 Å². The minimum absolute atomic E-state index is 0.431. The molecule has 0 bridgehead atoms. The molecule has 1 saturated heterocycles. The van der Waals surface area contributed by atoms with Crippen LogP contribution in [0, 0.1) is 17.3 Å². The summed E-state index contributed by atoms with van der Waals surface area (Å²) >= 11 is 0. The van der Waals surface area contributed by atoms with Crippen molar-refractivity contribution in [1.29, 1.82) is 0 Å². The van der Waals surface area contributed by atoms with Gasteiger partial charge in [-0.15, -0.1) is 0 Å². The van der Waals surface area contributed by atoms with Crippen LogP contribution in [0.25, 0.3) is 0 Å². The van der Waals surface area contributed by atoms with Crippen molar-refractivity contribution >= 4 is 0 Å². The predicted molar refractivity (Wildman–Crippen MR) is 69.3 cm³/mol. The highest BCUT2D eigenvalue weighted by Crippen LogP contribution is 2.43. The molecule has 1 heterocycles. The third-order valence-corrected chi connectivity index (χ3v) is 4.77. The molecule has 0 spiro atoms. The summed E-state index contributed by atoms with van der Waals surface area (Å²) in [5.74, 6) is 1.53. The summed E-state index contributed by atoms with van der Waals surface area (Å²) in [6, 6.07) is 1.24. The van der Waals surface area contributed by atoms with Crippen LogP contribution in [0.4, 0.5) is 0 Å². The molecule has 16 heavy (non-hydrogen) atoms. The Balaban J connectivity index is 1.98. The first-order chi connectivity index (χ1) is 7.39. The van der Waals surface area contributed by atoms with Crippen molar-refractivity contribution in [3.8, 4) is 0 Å². The van der Waals surface area contributed by atoms with E-state index < -0.39 is 0 Å². The minimum Gasteiger partial charge on any atom is -0.327 e. The van der Waals surface area contributed by atoms with Gasteiger partial charge in [-0.3, -0.25) is 4.90 Å². The highest BCUT2D eigenvalue weighted by Gasteiger charge is 2.41. The Hall–Kier alpha value is -0.0800. The zero-order chi connectivity index (χ0) is 11.9. The van der Waals surface area contributed by atoms with Crippen molar-refractivity contribution in [2.75, 3.05) is 13.1 Å². The van der Waals surface area contributed by atoms with E-state index in [0.29, 0.717) is 17.4 Å². The standard InChI is InChI=1S/C14H28N2/c1-10-7-14(3,4)8-13(10)16-6-5-12(15)11(2)9-16/h10-13H,5-9,15H2,1-4H3. The SMILES string of the molecule is CC1CN(C2CC(C)(C)CC2C)CCC1N. The lowest BCUT2D eigenvalue weighted by Gasteiger charge is -2.40. The van der Waals surface area contributed by atoms with Gasteiger partial charge < -0.3 is 5.73 Å². The van der Waals surface area contributed by atoms with E-state index in [4.69, 9.17) is 5.73 Å². The summed E-state index contributed by atoms with van der Waals surface area (Å²) < 4.78 is 0. The molecule has 1 saturated carbocycles. The third-order valence-electron chi connectivity index (χ3n) is 4.77. The van der Waals surface area contributed by atoms with Gasteiger partial charge in [0.25, 0.3) is 0 Å². The summed E-state index contributed by atoms with van der Waals surface area (Å²) in [6.07, 6.45) is 3.94. The Morgan fingerprint density at radius 2 is 1.81 bits per heavy atom. The van der Waals surface area contributed by atoms with Crippen molar-refractivity contribution in [1.82, 2.24) is 4.90 Å². The fourth-order valence-electron chi connectivity index (χ4n) is 3.84. The largest absolute Gasteiger partial charge is 0.327 e. The maximum Gasteiger partial charge on any atom is 0.0126 e. The maximum absolute atomic E-state index is 6.10. The first-order valence-corrected chi connectivity index (χ1v) is 6.89. The molecule has 4 atom stereocenters. The Labute approximate surface area is 101 Å². The average Bonchev–Trinajstić information content (AvgIpc) is 2.45. The second-order valence-electron chi connectivity index (χ2n) is 7.04. The number of rotatable bonds is 1. The van der Waals surface area contributed by atoms with Gasteiger partial charge in [0.1, 0.15) is 0 Å². The third kappa shape index (κ3) is 2.43. The maximum atomic E-state index is 6.10. The normalized spacial score (nSPS) is 44.8.